The number of rotatable bonds is 3. The van der Waals surface area contributed by atoms with Gasteiger partial charge in [0.25, 0.3) is 5.91 Å². The average Bonchev–Trinajstić information content (AvgIpc) is 2.36. The van der Waals surface area contributed by atoms with E-state index < -0.39 is 18.7 Å². The summed E-state index contributed by atoms with van der Waals surface area (Å²) in [5.74, 6) is -1.28. The minimum atomic E-state index is -4.54. The number of fused-ring (bicyclic) bond motifs is 1. The number of nitrogens with one attached hydrogen (secondary N) is 1. The molecule has 0 aliphatic carbocycles. The SMILES string of the molecule is O=C(NOCC(F)(F)F)c1cc2ccccc2cc1O. The first-order valence-electron chi connectivity index (χ1n) is 5.57. The van der Waals surface area contributed by atoms with Crippen molar-refractivity contribution in [2.45, 2.75) is 6.18 Å². The zero-order chi connectivity index (χ0) is 14.8. The number of hydrogen-bond donors (Lipinski definition) is 2. The van der Waals surface area contributed by atoms with Crippen molar-refractivity contribution < 1.29 is 27.9 Å². The highest BCUT2D eigenvalue weighted by atomic mass is 19.4. The van der Waals surface area contributed by atoms with E-state index in [2.05, 4.69) is 4.84 Å². The smallest absolute Gasteiger partial charge is 0.414 e. The van der Waals surface area contributed by atoms with E-state index in [9.17, 15) is 23.1 Å². The second-order valence-corrected chi connectivity index (χ2v) is 4.05. The first-order valence-corrected chi connectivity index (χ1v) is 5.57. The van der Waals surface area contributed by atoms with Gasteiger partial charge in [0, 0.05) is 0 Å². The van der Waals surface area contributed by atoms with Crippen molar-refractivity contribution in [1.29, 1.82) is 0 Å². The van der Waals surface area contributed by atoms with Crippen molar-refractivity contribution >= 4 is 16.7 Å². The number of aromatic hydroxyl groups is 1. The van der Waals surface area contributed by atoms with Crippen LogP contribution in [0.15, 0.2) is 36.4 Å². The minimum Gasteiger partial charge on any atom is -0.507 e. The predicted octanol–water partition coefficient (Wildman–Crippen LogP) is 2.77. The molecular formula is C13H10F3NO3. The summed E-state index contributed by atoms with van der Waals surface area (Å²) in [5.41, 5.74) is 1.48. The lowest BCUT2D eigenvalue weighted by Crippen LogP contribution is -2.29. The van der Waals surface area contributed by atoms with Crippen LogP contribution in [0.25, 0.3) is 10.8 Å². The lowest BCUT2D eigenvalue weighted by Gasteiger charge is -2.10. The fourth-order valence-corrected chi connectivity index (χ4v) is 1.65. The van der Waals surface area contributed by atoms with E-state index in [-0.39, 0.29) is 11.3 Å². The van der Waals surface area contributed by atoms with Crippen molar-refractivity contribution in [1.82, 2.24) is 5.48 Å². The second-order valence-electron chi connectivity index (χ2n) is 4.05. The van der Waals surface area contributed by atoms with Gasteiger partial charge in [-0.15, -0.1) is 0 Å². The molecule has 0 aliphatic rings. The molecule has 0 aromatic heterocycles. The van der Waals surface area contributed by atoms with Gasteiger partial charge in [0.1, 0.15) is 5.75 Å². The maximum absolute atomic E-state index is 11.9. The standard InChI is InChI=1S/C13H10F3NO3/c14-13(15,16)7-20-17-12(19)10-5-8-3-1-2-4-9(8)6-11(10)18/h1-6,18H,7H2,(H,17,19). The third-order valence-electron chi connectivity index (χ3n) is 2.51. The van der Waals surface area contributed by atoms with E-state index in [0.717, 1.165) is 0 Å². The molecule has 0 saturated heterocycles. The van der Waals surface area contributed by atoms with Crippen LogP contribution in [0.4, 0.5) is 13.2 Å². The van der Waals surface area contributed by atoms with Crippen LogP contribution in [0.1, 0.15) is 10.4 Å². The molecule has 0 bridgehead atoms. The van der Waals surface area contributed by atoms with Crippen LogP contribution in [-0.4, -0.2) is 23.8 Å². The first-order chi connectivity index (χ1) is 9.37. The third-order valence-corrected chi connectivity index (χ3v) is 2.51. The minimum absolute atomic E-state index is 0.161. The maximum atomic E-state index is 11.9. The summed E-state index contributed by atoms with van der Waals surface area (Å²) in [4.78, 5) is 15.7. The van der Waals surface area contributed by atoms with Gasteiger partial charge in [-0.1, -0.05) is 24.3 Å². The highest BCUT2D eigenvalue weighted by molar-refractivity contribution is 6.01. The maximum Gasteiger partial charge on any atom is 0.414 e. The van der Waals surface area contributed by atoms with Crippen LogP contribution in [0.2, 0.25) is 0 Å². The molecule has 0 atom stereocenters. The Morgan fingerprint density at radius 2 is 1.80 bits per heavy atom. The van der Waals surface area contributed by atoms with E-state index in [1.165, 1.54) is 12.1 Å². The van der Waals surface area contributed by atoms with Gasteiger partial charge >= 0.3 is 6.18 Å². The first kappa shape index (κ1) is 14.1. The Morgan fingerprint density at radius 1 is 1.20 bits per heavy atom. The molecule has 2 N–H and O–H groups in total. The van der Waals surface area contributed by atoms with Gasteiger partial charge in [0.15, 0.2) is 6.61 Å². The van der Waals surface area contributed by atoms with E-state index in [4.69, 9.17) is 0 Å². The normalized spacial score (nSPS) is 11.6. The Labute approximate surface area is 111 Å². The number of hydroxylamine groups is 1. The Balaban J connectivity index is 2.15. The van der Waals surface area contributed by atoms with Gasteiger partial charge in [-0.25, -0.2) is 5.48 Å². The van der Waals surface area contributed by atoms with Gasteiger partial charge in [0.05, 0.1) is 5.56 Å². The lowest BCUT2D eigenvalue weighted by atomic mass is 10.1. The van der Waals surface area contributed by atoms with E-state index in [1.54, 1.807) is 29.7 Å². The molecular weight excluding hydrogens is 275 g/mol. The zero-order valence-electron chi connectivity index (χ0n) is 10.1. The third kappa shape index (κ3) is 3.39. The van der Waals surface area contributed by atoms with Crippen LogP contribution in [0.3, 0.4) is 0 Å². The van der Waals surface area contributed by atoms with Gasteiger partial charge in [-0.05, 0) is 22.9 Å². The van der Waals surface area contributed by atoms with Crippen molar-refractivity contribution in [3.63, 3.8) is 0 Å². The highest BCUT2D eigenvalue weighted by Crippen LogP contribution is 2.25. The molecule has 7 heteroatoms. The molecule has 0 spiro atoms. The monoisotopic (exact) mass is 285 g/mol. The number of phenolic OH excluding ortho intramolecular Hbond substituents is 1. The van der Waals surface area contributed by atoms with Crippen LogP contribution < -0.4 is 5.48 Å². The van der Waals surface area contributed by atoms with Crippen molar-refractivity contribution in [3.05, 3.63) is 42.0 Å². The molecule has 20 heavy (non-hydrogen) atoms. The van der Waals surface area contributed by atoms with Crippen molar-refractivity contribution in [3.8, 4) is 5.75 Å². The van der Waals surface area contributed by atoms with Gasteiger partial charge in [-0.2, -0.15) is 13.2 Å². The van der Waals surface area contributed by atoms with E-state index >= 15 is 0 Å². The number of carbonyl (C=O) groups is 1. The molecule has 0 radical (unpaired) electrons. The Hall–Kier alpha value is -2.28. The summed E-state index contributed by atoms with van der Waals surface area (Å²) >= 11 is 0. The quantitative estimate of drug-likeness (QED) is 0.852. The van der Waals surface area contributed by atoms with E-state index in [0.29, 0.717) is 10.8 Å². The summed E-state index contributed by atoms with van der Waals surface area (Å²) in [6, 6.07) is 9.67. The molecule has 0 saturated carbocycles. The number of alkyl halides is 3. The number of carbonyl (C=O) groups excluding carboxylic acids is 1. The van der Waals surface area contributed by atoms with Crippen molar-refractivity contribution in [2.75, 3.05) is 6.61 Å². The Kier molecular flexibility index (Phi) is 3.80. The average molecular weight is 285 g/mol. The highest BCUT2D eigenvalue weighted by Gasteiger charge is 2.28. The summed E-state index contributed by atoms with van der Waals surface area (Å²) in [7, 11) is 0. The molecule has 0 heterocycles. The molecule has 1 amide bonds. The number of benzene rings is 2. The summed E-state index contributed by atoms with van der Waals surface area (Å²) in [6.07, 6.45) is -4.54. The van der Waals surface area contributed by atoms with Crippen molar-refractivity contribution in [2.24, 2.45) is 0 Å². The van der Waals surface area contributed by atoms with Gasteiger partial charge in [-0.3, -0.25) is 9.63 Å². The largest absolute Gasteiger partial charge is 0.507 e. The van der Waals surface area contributed by atoms with Crippen LogP contribution in [0, 0.1) is 0 Å². The lowest BCUT2D eigenvalue weighted by molar-refractivity contribution is -0.184. The molecule has 2 aromatic rings. The number of hydrogen-bond acceptors (Lipinski definition) is 3. The molecule has 0 unspecified atom stereocenters. The molecule has 2 rings (SSSR count). The molecule has 2 aromatic carbocycles. The summed E-state index contributed by atoms with van der Waals surface area (Å²) in [6.45, 7) is -1.60. The Bertz CT molecular complexity index is 640. The number of phenols is 1. The van der Waals surface area contributed by atoms with Gasteiger partial charge in [0.2, 0.25) is 0 Å². The predicted molar refractivity (Wildman–Crippen MR) is 65.1 cm³/mol. The van der Waals surface area contributed by atoms with Crippen LogP contribution in [-0.2, 0) is 4.84 Å². The fraction of sp³-hybridized carbons (Fsp3) is 0.154. The molecule has 106 valence electrons. The number of amides is 1. The molecule has 0 fully saturated rings. The fourth-order valence-electron chi connectivity index (χ4n) is 1.65. The Morgan fingerprint density at radius 3 is 2.40 bits per heavy atom. The van der Waals surface area contributed by atoms with Crippen LogP contribution in [0.5, 0.6) is 5.75 Å². The number of halogens is 3. The van der Waals surface area contributed by atoms with E-state index in [1.807, 2.05) is 0 Å². The van der Waals surface area contributed by atoms with Gasteiger partial charge < -0.3 is 5.11 Å². The molecule has 4 nitrogen and oxygen atoms in total. The second kappa shape index (κ2) is 5.38. The topological polar surface area (TPSA) is 58.6 Å². The van der Waals surface area contributed by atoms with Crippen LogP contribution >= 0.6 is 0 Å². The summed E-state index contributed by atoms with van der Waals surface area (Å²) < 4.78 is 35.6. The summed E-state index contributed by atoms with van der Waals surface area (Å²) in [5, 5.41) is 11.1. The zero-order valence-corrected chi connectivity index (χ0v) is 10.1. The molecule has 0 aliphatic heterocycles.